The lowest BCUT2D eigenvalue weighted by atomic mass is 10.1. The summed E-state index contributed by atoms with van der Waals surface area (Å²) in [6, 6.07) is 16.7. The molecule has 25 heavy (non-hydrogen) atoms. The number of rotatable bonds is 6. The van der Waals surface area contributed by atoms with Gasteiger partial charge in [0, 0.05) is 37.2 Å². The Kier molecular flexibility index (Phi) is 5.46. The lowest BCUT2D eigenvalue weighted by Crippen LogP contribution is -2.33. The predicted octanol–water partition coefficient (Wildman–Crippen LogP) is 2.15. The molecule has 5 heteroatoms. The third kappa shape index (κ3) is 4.45. The summed E-state index contributed by atoms with van der Waals surface area (Å²) in [4.78, 5) is 25.9. The first-order valence-electron chi connectivity index (χ1n) is 8.54. The summed E-state index contributed by atoms with van der Waals surface area (Å²) >= 11 is 0. The van der Waals surface area contributed by atoms with Gasteiger partial charge in [-0.2, -0.15) is 0 Å². The minimum atomic E-state index is -0.644. The van der Waals surface area contributed by atoms with Crippen molar-refractivity contribution in [3.63, 3.8) is 0 Å². The van der Waals surface area contributed by atoms with E-state index in [-0.39, 0.29) is 18.4 Å². The van der Waals surface area contributed by atoms with Crippen molar-refractivity contribution in [1.82, 2.24) is 5.32 Å². The summed E-state index contributed by atoms with van der Waals surface area (Å²) in [5.41, 5.74) is 2.27. The Labute approximate surface area is 147 Å². The number of carbonyl (C=O) groups excluding carboxylic acids is 2. The van der Waals surface area contributed by atoms with Gasteiger partial charge in [-0.05, 0) is 30.2 Å². The first-order valence-corrected chi connectivity index (χ1v) is 8.54. The largest absolute Gasteiger partial charge is 0.391 e. The molecule has 2 aromatic carbocycles. The molecule has 2 N–H and O–H groups in total. The highest BCUT2D eigenvalue weighted by molar-refractivity contribution is 5.99. The number of benzene rings is 2. The topological polar surface area (TPSA) is 69.6 Å². The molecule has 3 rings (SSSR count). The SMILES string of the molecule is O=C(NCC(O)Cc1ccccc1)c1cccc(N2CCCC2=O)c1. The number of aliphatic hydroxyl groups is 1. The molecule has 1 aliphatic rings. The van der Waals surface area contributed by atoms with E-state index in [0.29, 0.717) is 24.9 Å². The van der Waals surface area contributed by atoms with Gasteiger partial charge in [0.2, 0.25) is 5.91 Å². The number of carbonyl (C=O) groups is 2. The Morgan fingerprint density at radius 2 is 1.96 bits per heavy atom. The van der Waals surface area contributed by atoms with E-state index in [1.54, 1.807) is 23.1 Å². The van der Waals surface area contributed by atoms with Crippen LogP contribution in [0.1, 0.15) is 28.8 Å². The van der Waals surface area contributed by atoms with Crippen LogP contribution in [0.3, 0.4) is 0 Å². The Bertz CT molecular complexity index is 746. The highest BCUT2D eigenvalue weighted by Crippen LogP contribution is 2.22. The second-order valence-corrected chi connectivity index (χ2v) is 6.25. The second-order valence-electron chi connectivity index (χ2n) is 6.25. The highest BCUT2D eigenvalue weighted by Gasteiger charge is 2.22. The third-order valence-electron chi connectivity index (χ3n) is 4.31. The Balaban J connectivity index is 1.57. The maximum Gasteiger partial charge on any atom is 0.251 e. The molecule has 1 aliphatic heterocycles. The molecular weight excluding hydrogens is 316 g/mol. The fraction of sp³-hybridized carbons (Fsp3) is 0.300. The number of hydrogen-bond acceptors (Lipinski definition) is 3. The highest BCUT2D eigenvalue weighted by atomic mass is 16.3. The van der Waals surface area contributed by atoms with Crippen molar-refractivity contribution in [3.8, 4) is 0 Å². The van der Waals surface area contributed by atoms with Gasteiger partial charge in [-0.1, -0.05) is 36.4 Å². The van der Waals surface area contributed by atoms with E-state index in [2.05, 4.69) is 5.32 Å². The van der Waals surface area contributed by atoms with Crippen LogP contribution in [0.2, 0.25) is 0 Å². The van der Waals surface area contributed by atoms with E-state index in [4.69, 9.17) is 0 Å². The maximum absolute atomic E-state index is 12.3. The zero-order valence-electron chi connectivity index (χ0n) is 14.0. The molecule has 0 aromatic heterocycles. The van der Waals surface area contributed by atoms with E-state index in [1.807, 2.05) is 36.4 Å². The van der Waals surface area contributed by atoms with E-state index in [9.17, 15) is 14.7 Å². The molecular formula is C20H22N2O3. The number of hydrogen-bond donors (Lipinski definition) is 2. The quantitative estimate of drug-likeness (QED) is 0.848. The first-order chi connectivity index (χ1) is 12.1. The third-order valence-corrected chi connectivity index (χ3v) is 4.31. The summed E-state index contributed by atoms with van der Waals surface area (Å²) in [7, 11) is 0. The van der Waals surface area contributed by atoms with Crippen LogP contribution >= 0.6 is 0 Å². The molecule has 0 bridgehead atoms. The molecule has 130 valence electrons. The fourth-order valence-electron chi connectivity index (χ4n) is 3.01. The summed E-state index contributed by atoms with van der Waals surface area (Å²) < 4.78 is 0. The number of nitrogens with one attached hydrogen (secondary N) is 1. The molecule has 1 saturated heterocycles. The smallest absolute Gasteiger partial charge is 0.251 e. The van der Waals surface area contributed by atoms with Gasteiger partial charge in [0.1, 0.15) is 0 Å². The zero-order valence-corrected chi connectivity index (χ0v) is 14.0. The molecule has 0 spiro atoms. The van der Waals surface area contributed by atoms with Crippen molar-refractivity contribution in [2.24, 2.45) is 0 Å². The average molecular weight is 338 g/mol. The van der Waals surface area contributed by atoms with Crippen LogP contribution in [0.25, 0.3) is 0 Å². The van der Waals surface area contributed by atoms with Crippen molar-refractivity contribution in [1.29, 1.82) is 0 Å². The maximum atomic E-state index is 12.3. The van der Waals surface area contributed by atoms with Crippen LogP contribution in [0.15, 0.2) is 54.6 Å². The number of nitrogens with zero attached hydrogens (tertiary/aromatic N) is 1. The van der Waals surface area contributed by atoms with Gasteiger partial charge in [0.05, 0.1) is 6.10 Å². The Morgan fingerprint density at radius 3 is 2.68 bits per heavy atom. The normalized spacial score (nSPS) is 15.2. The lowest BCUT2D eigenvalue weighted by Gasteiger charge is -2.17. The summed E-state index contributed by atoms with van der Waals surface area (Å²) in [5.74, 6) is -0.156. The van der Waals surface area contributed by atoms with Crippen LogP contribution in [0.4, 0.5) is 5.69 Å². The van der Waals surface area contributed by atoms with E-state index >= 15 is 0 Å². The molecule has 5 nitrogen and oxygen atoms in total. The fourth-order valence-corrected chi connectivity index (χ4v) is 3.01. The van der Waals surface area contributed by atoms with Crippen molar-refractivity contribution >= 4 is 17.5 Å². The molecule has 0 saturated carbocycles. The van der Waals surface area contributed by atoms with Crippen molar-refractivity contribution in [2.45, 2.75) is 25.4 Å². The van der Waals surface area contributed by atoms with Crippen LogP contribution in [0, 0.1) is 0 Å². The summed E-state index contributed by atoms with van der Waals surface area (Å²) in [6.07, 6.45) is 1.25. The second kappa shape index (κ2) is 7.94. The summed E-state index contributed by atoms with van der Waals surface area (Å²) in [6.45, 7) is 0.875. The van der Waals surface area contributed by atoms with Crippen LogP contribution in [-0.4, -0.2) is 36.1 Å². The summed E-state index contributed by atoms with van der Waals surface area (Å²) in [5, 5.41) is 12.8. The molecule has 1 fully saturated rings. The minimum Gasteiger partial charge on any atom is -0.391 e. The lowest BCUT2D eigenvalue weighted by molar-refractivity contribution is -0.117. The van der Waals surface area contributed by atoms with Gasteiger partial charge in [-0.25, -0.2) is 0 Å². The number of amides is 2. The van der Waals surface area contributed by atoms with Gasteiger partial charge in [0.25, 0.3) is 5.91 Å². The zero-order chi connectivity index (χ0) is 17.6. The van der Waals surface area contributed by atoms with Crippen LogP contribution < -0.4 is 10.2 Å². The van der Waals surface area contributed by atoms with Gasteiger partial charge < -0.3 is 15.3 Å². The van der Waals surface area contributed by atoms with E-state index in [0.717, 1.165) is 17.7 Å². The van der Waals surface area contributed by atoms with Gasteiger partial charge in [0.15, 0.2) is 0 Å². The molecule has 2 amide bonds. The van der Waals surface area contributed by atoms with Crippen LogP contribution in [-0.2, 0) is 11.2 Å². The molecule has 2 aromatic rings. The van der Waals surface area contributed by atoms with E-state index < -0.39 is 6.10 Å². The Morgan fingerprint density at radius 1 is 1.16 bits per heavy atom. The van der Waals surface area contributed by atoms with Crippen molar-refractivity contribution in [2.75, 3.05) is 18.0 Å². The number of aliphatic hydroxyl groups excluding tert-OH is 1. The molecule has 1 atom stereocenters. The minimum absolute atomic E-state index is 0.0934. The van der Waals surface area contributed by atoms with Gasteiger partial charge >= 0.3 is 0 Å². The standard InChI is InChI=1S/C20H22N2O3/c23-18(12-15-6-2-1-3-7-15)14-21-20(25)16-8-4-9-17(13-16)22-11-5-10-19(22)24/h1-4,6-9,13,18,23H,5,10-12,14H2,(H,21,25). The van der Waals surface area contributed by atoms with Gasteiger partial charge in [-0.15, -0.1) is 0 Å². The predicted molar refractivity (Wildman–Crippen MR) is 96.5 cm³/mol. The Hall–Kier alpha value is -2.66. The van der Waals surface area contributed by atoms with Crippen molar-refractivity contribution < 1.29 is 14.7 Å². The number of anilines is 1. The van der Waals surface area contributed by atoms with Crippen LogP contribution in [0.5, 0.6) is 0 Å². The van der Waals surface area contributed by atoms with Crippen molar-refractivity contribution in [3.05, 3.63) is 65.7 Å². The molecule has 1 unspecified atom stereocenters. The molecule has 1 heterocycles. The first kappa shape index (κ1) is 17.2. The monoisotopic (exact) mass is 338 g/mol. The van der Waals surface area contributed by atoms with Gasteiger partial charge in [-0.3, -0.25) is 9.59 Å². The average Bonchev–Trinajstić information content (AvgIpc) is 3.06. The molecule has 0 radical (unpaired) electrons. The molecule has 0 aliphatic carbocycles. The van der Waals surface area contributed by atoms with E-state index in [1.165, 1.54) is 0 Å².